The molecule has 1 atom stereocenters. The molecule has 3 aromatic rings. The normalized spacial score (nSPS) is 12.0. The number of hydrogen-bond donors (Lipinski definition) is 2. The molecule has 0 aliphatic rings. The second kappa shape index (κ2) is 12.5. The summed E-state index contributed by atoms with van der Waals surface area (Å²) in [6.45, 7) is 5.51. The predicted molar refractivity (Wildman–Crippen MR) is 141 cm³/mol. The Kier molecular flexibility index (Phi) is 9.43. The predicted octanol–water partition coefficient (Wildman–Crippen LogP) is 4.05. The highest BCUT2D eigenvalue weighted by Crippen LogP contribution is 2.20. The van der Waals surface area contributed by atoms with E-state index in [0.717, 1.165) is 10.2 Å². The van der Waals surface area contributed by atoms with Crippen molar-refractivity contribution >= 4 is 29.3 Å². The molecule has 2 amide bonds. The second-order valence-corrected chi connectivity index (χ2v) is 9.95. The topological polar surface area (TPSA) is 114 Å². The van der Waals surface area contributed by atoms with Gasteiger partial charge in [-0.15, -0.1) is 0 Å². The number of anilines is 1. The molecule has 0 unspecified atom stereocenters. The van der Waals surface area contributed by atoms with E-state index >= 15 is 0 Å². The summed E-state index contributed by atoms with van der Waals surface area (Å²) in [5.41, 5.74) is 1.05. The van der Waals surface area contributed by atoms with Crippen LogP contribution in [0, 0.1) is 0 Å². The maximum atomic E-state index is 12.9. The molecule has 2 N–H and O–H groups in total. The van der Waals surface area contributed by atoms with Crippen LogP contribution < -0.4 is 10.9 Å². The molecule has 3 rings (SSSR count). The minimum Gasteiger partial charge on any atom is -0.444 e. The molecule has 9 nitrogen and oxygen atoms in total. The van der Waals surface area contributed by atoms with Gasteiger partial charge < -0.3 is 20.1 Å². The molecule has 0 aliphatic heterocycles. The van der Waals surface area contributed by atoms with Gasteiger partial charge in [0.05, 0.1) is 12.6 Å². The van der Waals surface area contributed by atoms with Crippen molar-refractivity contribution in [2.24, 2.45) is 0 Å². The van der Waals surface area contributed by atoms with Gasteiger partial charge in [0.1, 0.15) is 12.1 Å². The summed E-state index contributed by atoms with van der Waals surface area (Å²) in [4.78, 5) is 38.3. The van der Waals surface area contributed by atoms with Gasteiger partial charge in [0.25, 0.3) is 5.56 Å². The summed E-state index contributed by atoms with van der Waals surface area (Å²) in [5.74, 6) is -0.375. The van der Waals surface area contributed by atoms with Gasteiger partial charge in [-0.05, 0) is 68.7 Å². The zero-order chi connectivity index (χ0) is 27.0. The number of aromatic nitrogens is 2. The summed E-state index contributed by atoms with van der Waals surface area (Å²) in [6.07, 6.45) is 0.481. The molecular formula is C27H31ClN4O5. The van der Waals surface area contributed by atoms with Gasteiger partial charge in [-0.1, -0.05) is 35.9 Å². The zero-order valence-corrected chi connectivity index (χ0v) is 21.8. The average molecular weight is 527 g/mol. The molecule has 1 heterocycles. The third kappa shape index (κ3) is 9.04. The molecule has 1 aromatic heterocycles. The Hall–Kier alpha value is -3.69. The SMILES string of the molecule is CC(C)(C)OC(=O)N(CCc1ccc(NC(=O)Cn2ncccc2=O)cc1)C[C@H](O)c1cccc(Cl)c1. The first kappa shape index (κ1) is 27.9. The van der Waals surface area contributed by atoms with Crippen LogP contribution in [-0.4, -0.2) is 50.5 Å². The second-order valence-electron chi connectivity index (χ2n) is 9.51. The maximum absolute atomic E-state index is 12.9. The number of aliphatic hydroxyl groups is 1. The number of nitrogens with zero attached hydrogens (tertiary/aromatic N) is 3. The molecule has 0 aliphatic carbocycles. The summed E-state index contributed by atoms with van der Waals surface area (Å²) in [7, 11) is 0. The van der Waals surface area contributed by atoms with E-state index in [1.165, 1.54) is 23.2 Å². The number of ether oxygens (including phenoxy) is 1. The van der Waals surface area contributed by atoms with Gasteiger partial charge in [-0.25, -0.2) is 9.48 Å². The molecule has 10 heteroatoms. The van der Waals surface area contributed by atoms with Crippen LogP contribution in [0.1, 0.15) is 38.0 Å². The van der Waals surface area contributed by atoms with Crippen LogP contribution in [0.2, 0.25) is 5.02 Å². The number of carbonyl (C=O) groups excluding carboxylic acids is 2. The first-order chi connectivity index (χ1) is 17.5. The Labute approximate surface area is 220 Å². The lowest BCUT2D eigenvalue weighted by atomic mass is 10.1. The van der Waals surface area contributed by atoms with E-state index in [2.05, 4.69) is 10.4 Å². The number of halogens is 1. The molecule has 0 fully saturated rings. The van der Waals surface area contributed by atoms with E-state index in [4.69, 9.17) is 16.3 Å². The molecule has 0 saturated heterocycles. The fourth-order valence-corrected chi connectivity index (χ4v) is 3.67. The third-order valence-electron chi connectivity index (χ3n) is 5.27. The van der Waals surface area contributed by atoms with E-state index in [1.54, 1.807) is 57.2 Å². The Morgan fingerprint density at radius 2 is 1.86 bits per heavy atom. The summed E-state index contributed by atoms with van der Waals surface area (Å²) < 4.78 is 6.62. The summed E-state index contributed by atoms with van der Waals surface area (Å²) >= 11 is 6.05. The number of carbonyl (C=O) groups is 2. The van der Waals surface area contributed by atoms with Crippen LogP contribution in [0.5, 0.6) is 0 Å². The number of hydrogen-bond acceptors (Lipinski definition) is 6. The Morgan fingerprint density at radius 1 is 1.14 bits per heavy atom. The first-order valence-electron chi connectivity index (χ1n) is 11.8. The van der Waals surface area contributed by atoms with E-state index < -0.39 is 17.8 Å². The number of rotatable bonds is 9. The Morgan fingerprint density at radius 3 is 2.51 bits per heavy atom. The van der Waals surface area contributed by atoms with Gasteiger partial charge >= 0.3 is 6.09 Å². The minimum absolute atomic E-state index is 0.0380. The van der Waals surface area contributed by atoms with Crippen molar-refractivity contribution < 1.29 is 19.4 Å². The quantitative estimate of drug-likeness (QED) is 0.435. The fourth-order valence-electron chi connectivity index (χ4n) is 3.47. The van der Waals surface area contributed by atoms with Crippen LogP contribution in [0.4, 0.5) is 10.5 Å². The largest absolute Gasteiger partial charge is 0.444 e. The van der Waals surface area contributed by atoms with Crippen molar-refractivity contribution in [3.63, 3.8) is 0 Å². The lowest BCUT2D eigenvalue weighted by molar-refractivity contribution is -0.117. The van der Waals surface area contributed by atoms with Crippen molar-refractivity contribution in [2.75, 3.05) is 18.4 Å². The molecule has 0 bridgehead atoms. The Balaban J connectivity index is 1.62. The fraction of sp³-hybridized carbons (Fsp3) is 0.333. The van der Waals surface area contributed by atoms with Crippen molar-refractivity contribution in [1.82, 2.24) is 14.7 Å². The highest BCUT2D eigenvalue weighted by atomic mass is 35.5. The highest BCUT2D eigenvalue weighted by molar-refractivity contribution is 6.30. The van der Waals surface area contributed by atoms with Crippen LogP contribution in [0.3, 0.4) is 0 Å². The number of nitrogens with one attached hydrogen (secondary N) is 1. The molecule has 37 heavy (non-hydrogen) atoms. The maximum Gasteiger partial charge on any atom is 0.410 e. The summed E-state index contributed by atoms with van der Waals surface area (Å²) in [6, 6.07) is 16.9. The van der Waals surface area contributed by atoms with E-state index in [9.17, 15) is 19.5 Å². The van der Waals surface area contributed by atoms with E-state index in [-0.39, 0.29) is 24.6 Å². The van der Waals surface area contributed by atoms with Crippen molar-refractivity contribution in [3.8, 4) is 0 Å². The van der Waals surface area contributed by atoms with Gasteiger partial charge in [-0.2, -0.15) is 5.10 Å². The van der Waals surface area contributed by atoms with Crippen molar-refractivity contribution in [1.29, 1.82) is 0 Å². The average Bonchev–Trinajstić information content (AvgIpc) is 2.83. The number of amides is 2. The van der Waals surface area contributed by atoms with Gasteiger partial charge in [0.15, 0.2) is 0 Å². The zero-order valence-electron chi connectivity index (χ0n) is 21.1. The van der Waals surface area contributed by atoms with Gasteiger partial charge in [-0.3, -0.25) is 9.59 Å². The van der Waals surface area contributed by atoms with Crippen LogP contribution in [0.25, 0.3) is 0 Å². The van der Waals surface area contributed by atoms with Crippen molar-refractivity contribution in [3.05, 3.63) is 93.4 Å². The minimum atomic E-state index is -0.935. The molecule has 0 radical (unpaired) electrons. The standard InChI is InChI=1S/C27H31ClN4O5/c1-27(2,3)37-26(36)31(17-23(33)20-6-4-7-21(28)16-20)15-13-19-9-11-22(12-10-19)30-24(34)18-32-25(35)8-5-14-29-32/h4-12,14,16,23,33H,13,15,17-18H2,1-3H3,(H,30,34)/t23-/m0/s1. The van der Waals surface area contributed by atoms with Gasteiger partial charge in [0, 0.05) is 29.5 Å². The van der Waals surface area contributed by atoms with Crippen molar-refractivity contribution in [2.45, 2.75) is 45.4 Å². The molecule has 2 aromatic carbocycles. The molecular weight excluding hydrogens is 496 g/mol. The van der Waals surface area contributed by atoms with E-state index in [0.29, 0.717) is 29.2 Å². The smallest absolute Gasteiger partial charge is 0.410 e. The lowest BCUT2D eigenvalue weighted by Gasteiger charge is -2.29. The lowest BCUT2D eigenvalue weighted by Crippen LogP contribution is -2.40. The van der Waals surface area contributed by atoms with Crippen LogP contribution >= 0.6 is 11.6 Å². The number of aliphatic hydroxyl groups excluding tert-OH is 1. The Bertz CT molecular complexity index is 1270. The molecule has 196 valence electrons. The molecule has 0 saturated carbocycles. The third-order valence-corrected chi connectivity index (χ3v) is 5.50. The first-order valence-corrected chi connectivity index (χ1v) is 12.2. The van der Waals surface area contributed by atoms with Crippen LogP contribution in [0.15, 0.2) is 71.7 Å². The molecule has 0 spiro atoms. The van der Waals surface area contributed by atoms with E-state index in [1.807, 2.05) is 12.1 Å². The monoisotopic (exact) mass is 526 g/mol. The number of benzene rings is 2. The highest BCUT2D eigenvalue weighted by Gasteiger charge is 2.24. The summed E-state index contributed by atoms with van der Waals surface area (Å²) in [5, 5.41) is 17.8. The van der Waals surface area contributed by atoms with Crippen LogP contribution in [-0.2, 0) is 22.5 Å². The van der Waals surface area contributed by atoms with Gasteiger partial charge in [0.2, 0.25) is 5.91 Å².